The molecule has 1 aromatic rings. The summed E-state index contributed by atoms with van der Waals surface area (Å²) in [5.74, 6) is 0.625. The molecule has 5 nitrogen and oxygen atoms in total. The molecule has 0 spiro atoms. The summed E-state index contributed by atoms with van der Waals surface area (Å²) in [4.78, 5) is 25.2. The first-order valence-corrected chi connectivity index (χ1v) is 5.68. The van der Waals surface area contributed by atoms with Crippen LogP contribution in [0.1, 0.15) is 25.4 Å². The predicted octanol–water partition coefficient (Wildman–Crippen LogP) is 1.75. The molecule has 0 unspecified atom stereocenters. The topological polar surface area (TPSA) is 59.8 Å². The maximum absolute atomic E-state index is 12.2. The van der Waals surface area contributed by atoms with E-state index in [9.17, 15) is 9.59 Å². The van der Waals surface area contributed by atoms with Crippen molar-refractivity contribution in [3.05, 3.63) is 23.7 Å². The maximum atomic E-state index is 12.2. The molecule has 0 aliphatic carbocycles. The van der Waals surface area contributed by atoms with Crippen LogP contribution in [0.15, 0.2) is 16.5 Å². The Balaban J connectivity index is 2.75. The second kappa shape index (κ2) is 5.25. The molecular weight excluding hydrogens is 234 g/mol. The number of esters is 1. The van der Waals surface area contributed by atoms with Gasteiger partial charge in [-0.25, -0.2) is 0 Å². The molecular formula is C13H19NO4. The van der Waals surface area contributed by atoms with Gasteiger partial charge in [-0.1, -0.05) is 0 Å². The number of methoxy groups -OCH3 is 1. The molecule has 0 N–H and O–H groups in total. The number of hydrogen-bond donors (Lipinski definition) is 0. The van der Waals surface area contributed by atoms with Gasteiger partial charge in [0.15, 0.2) is 0 Å². The molecule has 0 fully saturated rings. The largest absolute Gasteiger partial charge is 0.468 e. The highest BCUT2D eigenvalue weighted by atomic mass is 16.5. The number of nitrogens with zero attached hydrogens (tertiary/aromatic N) is 1. The molecule has 1 amide bonds. The van der Waals surface area contributed by atoms with Crippen LogP contribution in [0.2, 0.25) is 0 Å². The van der Waals surface area contributed by atoms with E-state index in [1.807, 2.05) is 19.1 Å². The molecule has 0 saturated heterocycles. The molecule has 0 bridgehead atoms. The molecule has 0 atom stereocenters. The average molecular weight is 253 g/mol. The van der Waals surface area contributed by atoms with E-state index >= 15 is 0 Å². The van der Waals surface area contributed by atoms with Crippen LogP contribution in [0.25, 0.3) is 0 Å². The van der Waals surface area contributed by atoms with Crippen molar-refractivity contribution < 1.29 is 18.7 Å². The van der Waals surface area contributed by atoms with E-state index in [4.69, 9.17) is 4.42 Å². The zero-order valence-corrected chi connectivity index (χ0v) is 11.4. The molecule has 0 aliphatic rings. The lowest BCUT2D eigenvalue weighted by atomic mass is 9.92. The van der Waals surface area contributed by atoms with Crippen LogP contribution >= 0.6 is 0 Å². The van der Waals surface area contributed by atoms with Crippen molar-refractivity contribution in [2.45, 2.75) is 27.3 Å². The molecule has 0 aliphatic heterocycles. The van der Waals surface area contributed by atoms with Gasteiger partial charge < -0.3 is 14.1 Å². The van der Waals surface area contributed by atoms with Crippen LogP contribution in [0.3, 0.4) is 0 Å². The van der Waals surface area contributed by atoms with Crippen LogP contribution in [-0.2, 0) is 20.9 Å². The van der Waals surface area contributed by atoms with Crippen molar-refractivity contribution in [3.8, 4) is 0 Å². The molecule has 0 saturated carbocycles. The summed E-state index contributed by atoms with van der Waals surface area (Å²) in [6, 6.07) is 3.64. The first kappa shape index (κ1) is 14.3. The van der Waals surface area contributed by atoms with Crippen molar-refractivity contribution in [1.29, 1.82) is 0 Å². The molecule has 18 heavy (non-hydrogen) atoms. The van der Waals surface area contributed by atoms with E-state index in [-0.39, 0.29) is 5.91 Å². The first-order chi connectivity index (χ1) is 8.28. The lowest BCUT2D eigenvalue weighted by molar-refractivity contribution is -0.160. The third-order valence-corrected chi connectivity index (χ3v) is 2.77. The van der Waals surface area contributed by atoms with E-state index in [2.05, 4.69) is 4.74 Å². The summed E-state index contributed by atoms with van der Waals surface area (Å²) in [6.07, 6.45) is 0. The summed E-state index contributed by atoms with van der Waals surface area (Å²) in [5.41, 5.74) is -1.19. The minimum absolute atomic E-state index is 0.302. The molecule has 1 aromatic heterocycles. The van der Waals surface area contributed by atoms with Crippen molar-refractivity contribution in [2.24, 2.45) is 5.41 Å². The number of carbonyl (C=O) groups is 2. The fourth-order valence-corrected chi connectivity index (χ4v) is 1.70. The van der Waals surface area contributed by atoms with Crippen LogP contribution in [0.5, 0.6) is 0 Å². The number of hydrogen-bond acceptors (Lipinski definition) is 4. The zero-order chi connectivity index (χ0) is 13.9. The minimum Gasteiger partial charge on any atom is -0.468 e. The summed E-state index contributed by atoms with van der Waals surface area (Å²) in [5, 5.41) is 0. The SMILES string of the molecule is COC(=O)C(C)(C)C(=O)N(C)Cc1ccc(C)o1. The predicted molar refractivity (Wildman–Crippen MR) is 65.7 cm³/mol. The Morgan fingerprint density at radius 3 is 2.44 bits per heavy atom. The Morgan fingerprint density at radius 2 is 2.00 bits per heavy atom. The molecule has 100 valence electrons. The number of ether oxygens (including phenoxy) is 1. The van der Waals surface area contributed by atoms with Gasteiger partial charge in [0.1, 0.15) is 16.9 Å². The molecule has 5 heteroatoms. The van der Waals surface area contributed by atoms with Crippen molar-refractivity contribution in [2.75, 3.05) is 14.2 Å². The summed E-state index contributed by atoms with van der Waals surface area (Å²) >= 11 is 0. The number of carbonyl (C=O) groups excluding carboxylic acids is 2. The second-order valence-corrected chi connectivity index (χ2v) is 4.79. The zero-order valence-electron chi connectivity index (χ0n) is 11.4. The fraction of sp³-hybridized carbons (Fsp3) is 0.538. The third-order valence-electron chi connectivity index (χ3n) is 2.77. The van der Waals surface area contributed by atoms with Gasteiger partial charge in [-0.05, 0) is 32.9 Å². The normalized spacial score (nSPS) is 11.2. The van der Waals surface area contributed by atoms with E-state index in [0.717, 1.165) is 5.76 Å². The highest BCUT2D eigenvalue weighted by Gasteiger charge is 2.39. The van der Waals surface area contributed by atoms with Gasteiger partial charge in [-0.3, -0.25) is 9.59 Å². The summed E-state index contributed by atoms with van der Waals surface area (Å²) < 4.78 is 10.0. The van der Waals surface area contributed by atoms with Crippen LogP contribution in [0.4, 0.5) is 0 Å². The van der Waals surface area contributed by atoms with Crippen LogP contribution < -0.4 is 0 Å². The van der Waals surface area contributed by atoms with Gasteiger partial charge in [-0.2, -0.15) is 0 Å². The fourth-order valence-electron chi connectivity index (χ4n) is 1.70. The maximum Gasteiger partial charge on any atom is 0.320 e. The van der Waals surface area contributed by atoms with Gasteiger partial charge in [0.2, 0.25) is 5.91 Å². The Bertz CT molecular complexity index is 448. The minimum atomic E-state index is -1.19. The van der Waals surface area contributed by atoms with E-state index < -0.39 is 11.4 Å². The quantitative estimate of drug-likeness (QED) is 0.606. The Hall–Kier alpha value is -1.78. The first-order valence-electron chi connectivity index (χ1n) is 5.68. The number of amides is 1. The Labute approximate surface area is 107 Å². The monoisotopic (exact) mass is 253 g/mol. The second-order valence-electron chi connectivity index (χ2n) is 4.79. The van der Waals surface area contributed by atoms with Crippen molar-refractivity contribution in [1.82, 2.24) is 4.90 Å². The lowest BCUT2D eigenvalue weighted by Gasteiger charge is -2.26. The Morgan fingerprint density at radius 1 is 1.39 bits per heavy atom. The number of furan rings is 1. The van der Waals surface area contributed by atoms with Gasteiger partial charge >= 0.3 is 5.97 Å². The van der Waals surface area contributed by atoms with E-state index in [1.54, 1.807) is 20.9 Å². The van der Waals surface area contributed by atoms with Gasteiger partial charge in [0.05, 0.1) is 13.7 Å². The molecule has 1 rings (SSSR count). The number of rotatable bonds is 4. The average Bonchev–Trinajstić information content (AvgIpc) is 2.72. The van der Waals surface area contributed by atoms with Gasteiger partial charge in [-0.15, -0.1) is 0 Å². The Kier molecular flexibility index (Phi) is 4.16. The standard InChI is InChI=1S/C13H19NO4/c1-9-6-7-10(18-9)8-14(4)11(15)13(2,3)12(16)17-5/h6-7H,8H2,1-5H3. The van der Waals surface area contributed by atoms with E-state index in [1.165, 1.54) is 12.0 Å². The number of aryl methyl sites for hydroxylation is 1. The van der Waals surface area contributed by atoms with Crippen LogP contribution in [-0.4, -0.2) is 30.9 Å². The summed E-state index contributed by atoms with van der Waals surface area (Å²) in [6.45, 7) is 5.26. The van der Waals surface area contributed by atoms with Crippen molar-refractivity contribution >= 4 is 11.9 Å². The molecule has 0 aromatic carbocycles. The summed E-state index contributed by atoms with van der Waals surface area (Å²) in [7, 11) is 2.90. The highest BCUT2D eigenvalue weighted by Crippen LogP contribution is 2.21. The van der Waals surface area contributed by atoms with Gasteiger partial charge in [0.25, 0.3) is 0 Å². The smallest absolute Gasteiger partial charge is 0.320 e. The lowest BCUT2D eigenvalue weighted by Crippen LogP contribution is -2.43. The molecule has 0 radical (unpaired) electrons. The third kappa shape index (κ3) is 2.91. The highest BCUT2D eigenvalue weighted by molar-refractivity contribution is 6.01. The molecule has 1 heterocycles. The van der Waals surface area contributed by atoms with Gasteiger partial charge in [0, 0.05) is 7.05 Å². The van der Waals surface area contributed by atoms with E-state index in [0.29, 0.717) is 12.3 Å². The van der Waals surface area contributed by atoms with Crippen molar-refractivity contribution in [3.63, 3.8) is 0 Å². The van der Waals surface area contributed by atoms with Crippen LogP contribution in [0, 0.1) is 12.3 Å².